The predicted octanol–water partition coefficient (Wildman–Crippen LogP) is 6.13. The maximum absolute atomic E-state index is 13.3. The second kappa shape index (κ2) is 10.6. The summed E-state index contributed by atoms with van der Waals surface area (Å²) in [6.45, 7) is 0.379. The van der Waals surface area contributed by atoms with E-state index in [4.69, 9.17) is 12.2 Å². The van der Waals surface area contributed by atoms with Gasteiger partial charge in [-0.05, 0) is 59.9 Å². The molecule has 37 heavy (non-hydrogen) atoms. The van der Waals surface area contributed by atoms with Gasteiger partial charge in [-0.15, -0.1) is 10.2 Å². The van der Waals surface area contributed by atoms with Gasteiger partial charge in [0.1, 0.15) is 4.32 Å². The summed E-state index contributed by atoms with van der Waals surface area (Å²) in [5.74, 6) is 0.242. The monoisotopic (exact) mass is 557 g/mol. The van der Waals surface area contributed by atoms with Crippen molar-refractivity contribution in [2.24, 2.45) is 0 Å². The molecule has 0 bridgehead atoms. The first kappa shape index (κ1) is 26.8. The lowest BCUT2D eigenvalue weighted by Gasteiger charge is -2.14. The number of nitrogens with one attached hydrogen (secondary N) is 1. The quantitative estimate of drug-likeness (QED) is 0.163. The number of H-pyrrole nitrogens is 1. The number of halogens is 6. The Morgan fingerprint density at radius 2 is 1.68 bits per heavy atom. The molecule has 194 valence electrons. The number of hydrogen-bond acceptors (Lipinski definition) is 6. The van der Waals surface area contributed by atoms with Crippen molar-refractivity contribution in [3.8, 4) is 11.1 Å². The molecule has 1 fully saturated rings. The summed E-state index contributed by atoms with van der Waals surface area (Å²) in [5, 5.41) is 13.6. The highest BCUT2D eigenvalue weighted by atomic mass is 32.2. The number of hydrogen-bond donors (Lipinski definition) is 1. The van der Waals surface area contributed by atoms with Crippen LogP contribution in [0.4, 0.5) is 26.3 Å². The zero-order valence-corrected chi connectivity index (χ0v) is 20.4. The van der Waals surface area contributed by atoms with Gasteiger partial charge in [0, 0.05) is 13.0 Å². The Bertz CT molecular complexity index is 1310. The third kappa shape index (κ3) is 6.55. The maximum atomic E-state index is 13.3. The Morgan fingerprint density at radius 1 is 0.973 bits per heavy atom. The second-order valence-corrected chi connectivity index (χ2v) is 9.71. The number of aromatic nitrogens is 4. The van der Waals surface area contributed by atoms with Crippen molar-refractivity contribution in [2.45, 2.75) is 31.6 Å². The van der Waals surface area contributed by atoms with E-state index < -0.39 is 23.5 Å². The van der Waals surface area contributed by atoms with Crippen LogP contribution < -0.4 is 0 Å². The third-order valence-corrected chi connectivity index (χ3v) is 6.78. The number of carbonyl (C=O) groups is 1. The van der Waals surface area contributed by atoms with Crippen LogP contribution in [0.25, 0.3) is 17.2 Å². The van der Waals surface area contributed by atoms with E-state index in [1.54, 1.807) is 6.07 Å². The van der Waals surface area contributed by atoms with Crippen LogP contribution in [0.2, 0.25) is 0 Å². The molecule has 1 aromatic heterocycles. The van der Waals surface area contributed by atoms with E-state index >= 15 is 0 Å². The topological polar surface area (TPSA) is 74.8 Å². The van der Waals surface area contributed by atoms with Crippen LogP contribution in [-0.4, -0.2) is 42.3 Å². The Balaban J connectivity index is 1.53. The first-order chi connectivity index (χ1) is 17.4. The van der Waals surface area contributed by atoms with Gasteiger partial charge in [-0.2, -0.15) is 31.6 Å². The van der Waals surface area contributed by atoms with Crippen molar-refractivity contribution < 1.29 is 31.1 Å². The summed E-state index contributed by atoms with van der Waals surface area (Å²) in [5.41, 5.74) is -2.47. The second-order valence-electron chi connectivity index (χ2n) is 8.04. The van der Waals surface area contributed by atoms with Crippen molar-refractivity contribution in [1.29, 1.82) is 0 Å². The van der Waals surface area contributed by atoms with Gasteiger partial charge >= 0.3 is 12.4 Å². The number of rotatable bonds is 7. The molecule has 1 aliphatic rings. The number of amides is 1. The fourth-order valence-corrected chi connectivity index (χ4v) is 4.92. The van der Waals surface area contributed by atoms with Crippen molar-refractivity contribution in [1.82, 2.24) is 25.5 Å². The number of alkyl halides is 6. The van der Waals surface area contributed by atoms with Crippen LogP contribution in [0, 0.1) is 0 Å². The summed E-state index contributed by atoms with van der Waals surface area (Å²) in [4.78, 5) is 14.6. The van der Waals surface area contributed by atoms with Crippen LogP contribution in [0.1, 0.15) is 35.4 Å². The predicted molar refractivity (Wildman–Crippen MR) is 129 cm³/mol. The number of aromatic amines is 1. The average Bonchev–Trinajstić information content (AvgIpc) is 3.44. The van der Waals surface area contributed by atoms with Crippen LogP contribution in [0.3, 0.4) is 0 Å². The van der Waals surface area contributed by atoms with E-state index in [9.17, 15) is 31.1 Å². The third-order valence-electron chi connectivity index (χ3n) is 5.40. The van der Waals surface area contributed by atoms with Crippen LogP contribution in [0.15, 0.2) is 47.4 Å². The Kier molecular flexibility index (Phi) is 7.69. The highest BCUT2D eigenvalue weighted by Gasteiger charge is 2.37. The van der Waals surface area contributed by atoms with Crippen molar-refractivity contribution >= 4 is 40.3 Å². The number of tetrazole rings is 1. The number of aryl methyl sites for hydroxylation is 1. The molecule has 0 aliphatic carbocycles. The highest BCUT2D eigenvalue weighted by Crippen LogP contribution is 2.39. The molecule has 1 saturated heterocycles. The molecule has 1 N–H and O–H groups in total. The van der Waals surface area contributed by atoms with Gasteiger partial charge in [0.15, 0.2) is 5.82 Å². The molecule has 0 unspecified atom stereocenters. The lowest BCUT2D eigenvalue weighted by atomic mass is 9.97. The molecule has 0 atom stereocenters. The van der Waals surface area contributed by atoms with Gasteiger partial charge in [0.25, 0.3) is 5.91 Å². The highest BCUT2D eigenvalue weighted by molar-refractivity contribution is 8.26. The zero-order valence-electron chi connectivity index (χ0n) is 18.7. The number of carbonyl (C=O) groups excluding carboxylic acids is 1. The molecule has 0 spiro atoms. The molecule has 0 radical (unpaired) electrons. The van der Waals surface area contributed by atoms with E-state index in [2.05, 4.69) is 20.6 Å². The first-order valence-corrected chi connectivity index (χ1v) is 12.0. The van der Waals surface area contributed by atoms with Crippen molar-refractivity contribution in [3.05, 3.63) is 69.9 Å². The molecule has 4 rings (SSSR count). The molecule has 0 saturated carbocycles. The van der Waals surface area contributed by atoms with Gasteiger partial charge in [0.2, 0.25) is 0 Å². The van der Waals surface area contributed by atoms with Gasteiger partial charge in [-0.25, -0.2) is 0 Å². The summed E-state index contributed by atoms with van der Waals surface area (Å²) >= 11 is 6.39. The lowest BCUT2D eigenvalue weighted by molar-refractivity contribution is -0.143. The minimum absolute atomic E-state index is 0.0842. The van der Waals surface area contributed by atoms with E-state index in [1.165, 1.54) is 29.2 Å². The Morgan fingerprint density at radius 3 is 2.30 bits per heavy atom. The molecule has 2 aromatic carbocycles. The normalized spacial score (nSPS) is 15.7. The molecule has 3 aromatic rings. The van der Waals surface area contributed by atoms with Gasteiger partial charge < -0.3 is 0 Å². The summed E-state index contributed by atoms with van der Waals surface area (Å²) in [7, 11) is 0. The van der Waals surface area contributed by atoms with E-state index in [0.717, 1.165) is 11.8 Å². The molecular formula is C23H17F6N5OS2. The minimum Gasteiger partial charge on any atom is -0.293 e. The Hall–Kier alpha value is -3.26. The Labute approximate surface area is 216 Å². The van der Waals surface area contributed by atoms with Gasteiger partial charge in [-0.3, -0.25) is 9.69 Å². The molecule has 6 nitrogen and oxygen atoms in total. The molecule has 1 amide bonds. The molecular weight excluding hydrogens is 540 g/mol. The SMILES string of the molecule is O=C1/C(=C/c2cccc(-c3cc(C(F)(F)F)cc(C(F)(F)F)c3)c2)SC(=S)N1CCCCc1nn[nH]n1. The van der Waals surface area contributed by atoms with Crippen LogP contribution in [0.5, 0.6) is 0 Å². The number of unbranched alkanes of at least 4 members (excludes halogenated alkanes) is 1. The van der Waals surface area contributed by atoms with E-state index in [-0.39, 0.29) is 23.1 Å². The maximum Gasteiger partial charge on any atom is 0.416 e. The lowest BCUT2D eigenvalue weighted by Crippen LogP contribution is -2.29. The van der Waals surface area contributed by atoms with Crippen LogP contribution >= 0.6 is 24.0 Å². The number of thiocarbonyl (C=S) groups is 1. The fraction of sp³-hybridized carbons (Fsp3) is 0.261. The number of thioether (sulfide) groups is 1. The fourth-order valence-electron chi connectivity index (χ4n) is 3.62. The van der Waals surface area contributed by atoms with Crippen LogP contribution in [-0.2, 0) is 23.6 Å². The van der Waals surface area contributed by atoms with E-state index in [0.29, 0.717) is 58.6 Å². The first-order valence-electron chi connectivity index (χ1n) is 10.8. The molecule has 14 heteroatoms. The average molecular weight is 558 g/mol. The van der Waals surface area contributed by atoms with Crippen molar-refractivity contribution in [3.63, 3.8) is 0 Å². The minimum atomic E-state index is -4.95. The smallest absolute Gasteiger partial charge is 0.293 e. The largest absolute Gasteiger partial charge is 0.416 e. The number of nitrogens with zero attached hydrogens (tertiary/aromatic N) is 4. The summed E-state index contributed by atoms with van der Waals surface area (Å²) in [6.07, 6.45) is -6.46. The van der Waals surface area contributed by atoms with Gasteiger partial charge in [0.05, 0.1) is 16.0 Å². The van der Waals surface area contributed by atoms with E-state index in [1.807, 2.05) is 0 Å². The molecule has 2 heterocycles. The van der Waals surface area contributed by atoms with Crippen molar-refractivity contribution in [2.75, 3.05) is 6.54 Å². The summed E-state index contributed by atoms with van der Waals surface area (Å²) in [6, 6.07) is 7.34. The zero-order chi connectivity index (χ0) is 26.8. The number of benzene rings is 2. The standard InChI is InChI=1S/C23H17F6N5OS2/c24-22(25,26)16-10-15(11-17(12-16)23(27,28)29)14-5-3-4-13(8-14)9-18-20(35)34(21(36)37-18)7-2-1-6-19-30-32-33-31-19/h3-5,8-12H,1-2,6-7H2,(H,30,31,32,33)/b18-9-. The molecule has 1 aliphatic heterocycles. The van der Waals surface area contributed by atoms with Gasteiger partial charge in [-0.1, -0.05) is 47.4 Å². The summed E-state index contributed by atoms with van der Waals surface area (Å²) < 4.78 is 79.9.